The summed E-state index contributed by atoms with van der Waals surface area (Å²) in [6.45, 7) is 1.87. The first-order valence-corrected chi connectivity index (χ1v) is 7.79. The molecule has 0 atom stereocenters. The van der Waals surface area contributed by atoms with Gasteiger partial charge in [-0.2, -0.15) is 0 Å². The highest BCUT2D eigenvalue weighted by atomic mass is 19.1. The standard InChI is InChI=1S/C18H15FN2O5/c1-3-25-18(22)15-10-13-14(19)7-8-16(17(13)20(15)2)26-12-6-4-5-11(9-12)21(23)24/h4-10H,3H2,1-2H3. The number of rotatable bonds is 5. The second-order valence-corrected chi connectivity index (χ2v) is 5.47. The Kier molecular flexibility index (Phi) is 4.57. The summed E-state index contributed by atoms with van der Waals surface area (Å²) < 4.78 is 26.4. The van der Waals surface area contributed by atoms with E-state index in [0.29, 0.717) is 5.52 Å². The van der Waals surface area contributed by atoms with E-state index >= 15 is 0 Å². The number of benzene rings is 2. The van der Waals surface area contributed by atoms with E-state index in [9.17, 15) is 19.3 Å². The molecule has 1 aromatic heterocycles. The highest BCUT2D eigenvalue weighted by Crippen LogP contribution is 2.34. The van der Waals surface area contributed by atoms with E-state index in [2.05, 4.69) is 0 Å². The van der Waals surface area contributed by atoms with E-state index in [-0.39, 0.29) is 34.9 Å². The molecule has 0 N–H and O–H groups in total. The summed E-state index contributed by atoms with van der Waals surface area (Å²) in [5.74, 6) is -0.602. The number of hydrogen-bond donors (Lipinski definition) is 0. The van der Waals surface area contributed by atoms with Crippen LogP contribution in [0.15, 0.2) is 42.5 Å². The van der Waals surface area contributed by atoms with Crippen molar-refractivity contribution < 1.29 is 23.6 Å². The predicted molar refractivity (Wildman–Crippen MR) is 92.0 cm³/mol. The highest BCUT2D eigenvalue weighted by molar-refractivity contribution is 5.98. The van der Waals surface area contributed by atoms with Crippen LogP contribution in [0, 0.1) is 15.9 Å². The molecular formula is C18H15FN2O5. The molecule has 8 heteroatoms. The normalized spacial score (nSPS) is 10.7. The predicted octanol–water partition coefficient (Wildman–Crippen LogP) is 4.19. The summed E-state index contributed by atoms with van der Waals surface area (Å²) in [6.07, 6.45) is 0. The Bertz CT molecular complexity index is 1010. The average molecular weight is 358 g/mol. The first kappa shape index (κ1) is 17.4. The number of nitro benzene ring substituents is 1. The molecule has 3 aromatic rings. The second kappa shape index (κ2) is 6.83. The van der Waals surface area contributed by atoms with Crippen molar-refractivity contribution >= 4 is 22.6 Å². The van der Waals surface area contributed by atoms with Crippen LogP contribution in [0.3, 0.4) is 0 Å². The molecule has 0 saturated carbocycles. The molecule has 1 heterocycles. The van der Waals surface area contributed by atoms with Crippen molar-refractivity contribution in [1.82, 2.24) is 4.57 Å². The molecule has 7 nitrogen and oxygen atoms in total. The minimum atomic E-state index is -0.577. The lowest BCUT2D eigenvalue weighted by molar-refractivity contribution is -0.384. The van der Waals surface area contributed by atoms with Gasteiger partial charge in [0.05, 0.1) is 23.1 Å². The van der Waals surface area contributed by atoms with Crippen LogP contribution in [-0.2, 0) is 11.8 Å². The molecule has 0 aliphatic carbocycles. The Morgan fingerprint density at radius 2 is 2.04 bits per heavy atom. The van der Waals surface area contributed by atoms with Gasteiger partial charge in [0.25, 0.3) is 5.69 Å². The smallest absolute Gasteiger partial charge is 0.354 e. The van der Waals surface area contributed by atoms with Crippen LogP contribution in [0.1, 0.15) is 17.4 Å². The first-order chi connectivity index (χ1) is 12.4. The van der Waals surface area contributed by atoms with Crippen molar-refractivity contribution in [2.24, 2.45) is 7.05 Å². The number of esters is 1. The Labute approximate surface area is 147 Å². The van der Waals surface area contributed by atoms with Gasteiger partial charge in [0.2, 0.25) is 0 Å². The summed E-state index contributed by atoms with van der Waals surface area (Å²) in [5.41, 5.74) is 0.398. The zero-order chi connectivity index (χ0) is 18.8. The summed E-state index contributed by atoms with van der Waals surface area (Å²) in [5, 5.41) is 11.1. The number of halogens is 1. The number of fused-ring (bicyclic) bond motifs is 1. The minimum Gasteiger partial charge on any atom is -0.461 e. The molecular weight excluding hydrogens is 343 g/mol. The Morgan fingerprint density at radius 1 is 1.27 bits per heavy atom. The van der Waals surface area contributed by atoms with E-state index in [4.69, 9.17) is 9.47 Å². The van der Waals surface area contributed by atoms with Crippen LogP contribution in [0.4, 0.5) is 10.1 Å². The van der Waals surface area contributed by atoms with Crippen LogP contribution < -0.4 is 4.74 Å². The van der Waals surface area contributed by atoms with E-state index in [1.165, 1.54) is 41.0 Å². The van der Waals surface area contributed by atoms with E-state index in [0.717, 1.165) is 0 Å². The fraction of sp³-hybridized carbons (Fsp3) is 0.167. The summed E-state index contributed by atoms with van der Waals surface area (Å²) in [7, 11) is 1.59. The molecule has 26 heavy (non-hydrogen) atoms. The Hall–Kier alpha value is -3.42. The van der Waals surface area contributed by atoms with E-state index in [1.54, 1.807) is 20.0 Å². The molecule has 134 valence electrons. The van der Waals surface area contributed by atoms with Gasteiger partial charge in [0, 0.05) is 18.5 Å². The fourth-order valence-electron chi connectivity index (χ4n) is 2.67. The molecule has 0 radical (unpaired) electrons. The lowest BCUT2D eigenvalue weighted by Crippen LogP contribution is -2.09. The molecule has 0 fully saturated rings. The number of nitro groups is 1. The number of carbonyl (C=O) groups excluding carboxylic acids is 1. The molecule has 0 bridgehead atoms. The number of ether oxygens (including phenoxy) is 2. The van der Waals surface area contributed by atoms with Gasteiger partial charge in [-0.1, -0.05) is 6.07 Å². The maximum Gasteiger partial charge on any atom is 0.354 e. The first-order valence-electron chi connectivity index (χ1n) is 7.79. The maximum atomic E-state index is 14.2. The van der Waals surface area contributed by atoms with Crippen LogP contribution in [0.5, 0.6) is 11.5 Å². The molecule has 0 saturated heterocycles. The number of nitrogens with zero attached hydrogens (tertiary/aromatic N) is 2. The summed E-state index contributed by atoms with van der Waals surface area (Å²) >= 11 is 0. The largest absolute Gasteiger partial charge is 0.461 e. The number of aromatic nitrogens is 1. The van der Waals surface area contributed by atoms with Gasteiger partial charge in [0.1, 0.15) is 17.3 Å². The van der Waals surface area contributed by atoms with Crippen LogP contribution in [0.2, 0.25) is 0 Å². The molecule has 2 aromatic carbocycles. The topological polar surface area (TPSA) is 83.6 Å². The Balaban J connectivity index is 2.09. The summed E-state index contributed by atoms with van der Waals surface area (Å²) in [4.78, 5) is 22.4. The molecule has 3 rings (SSSR count). The third-order valence-electron chi connectivity index (χ3n) is 3.85. The van der Waals surface area contributed by atoms with Gasteiger partial charge >= 0.3 is 5.97 Å². The van der Waals surface area contributed by atoms with Gasteiger partial charge in [-0.3, -0.25) is 10.1 Å². The second-order valence-electron chi connectivity index (χ2n) is 5.47. The fourth-order valence-corrected chi connectivity index (χ4v) is 2.67. The van der Waals surface area contributed by atoms with Gasteiger partial charge in [-0.05, 0) is 31.2 Å². The van der Waals surface area contributed by atoms with Crippen molar-refractivity contribution in [3.8, 4) is 11.5 Å². The third-order valence-corrected chi connectivity index (χ3v) is 3.85. The van der Waals surface area contributed by atoms with Crippen molar-refractivity contribution in [1.29, 1.82) is 0 Å². The average Bonchev–Trinajstić information content (AvgIpc) is 2.97. The van der Waals surface area contributed by atoms with Crippen LogP contribution >= 0.6 is 0 Å². The molecule has 0 aliphatic heterocycles. The summed E-state index contributed by atoms with van der Waals surface area (Å²) in [6, 6.07) is 9.66. The van der Waals surface area contributed by atoms with Crippen LogP contribution in [0.25, 0.3) is 10.9 Å². The molecule has 0 spiro atoms. The van der Waals surface area contributed by atoms with Crippen molar-refractivity contribution in [3.05, 3.63) is 64.1 Å². The minimum absolute atomic E-state index is 0.125. The zero-order valence-corrected chi connectivity index (χ0v) is 14.1. The molecule has 0 aliphatic rings. The van der Waals surface area contributed by atoms with E-state index < -0.39 is 16.7 Å². The lowest BCUT2D eigenvalue weighted by Gasteiger charge is -2.10. The quantitative estimate of drug-likeness (QED) is 0.388. The SMILES string of the molecule is CCOC(=O)c1cc2c(F)ccc(Oc3cccc([N+](=O)[O-])c3)c2n1C. The third kappa shape index (κ3) is 3.08. The number of non-ortho nitro benzene ring substituents is 1. The number of hydrogen-bond acceptors (Lipinski definition) is 5. The van der Waals surface area contributed by atoms with Gasteiger partial charge in [-0.15, -0.1) is 0 Å². The van der Waals surface area contributed by atoms with E-state index in [1.807, 2.05) is 0 Å². The van der Waals surface area contributed by atoms with Crippen LogP contribution in [-0.4, -0.2) is 22.1 Å². The monoisotopic (exact) mass is 358 g/mol. The molecule has 0 unspecified atom stereocenters. The number of aryl methyl sites for hydroxylation is 1. The van der Waals surface area contributed by atoms with Gasteiger partial charge in [0.15, 0.2) is 5.75 Å². The zero-order valence-electron chi connectivity index (χ0n) is 14.1. The lowest BCUT2D eigenvalue weighted by atomic mass is 10.2. The van der Waals surface area contributed by atoms with Crippen molar-refractivity contribution in [2.45, 2.75) is 6.92 Å². The number of carbonyl (C=O) groups is 1. The maximum absolute atomic E-state index is 14.2. The highest BCUT2D eigenvalue weighted by Gasteiger charge is 2.20. The molecule has 0 amide bonds. The van der Waals surface area contributed by atoms with Gasteiger partial charge < -0.3 is 14.0 Å². The Morgan fingerprint density at radius 3 is 2.73 bits per heavy atom. The van der Waals surface area contributed by atoms with Crippen molar-refractivity contribution in [2.75, 3.05) is 6.61 Å². The van der Waals surface area contributed by atoms with Crippen molar-refractivity contribution in [3.63, 3.8) is 0 Å². The van der Waals surface area contributed by atoms with Gasteiger partial charge in [-0.25, -0.2) is 9.18 Å².